The molecule has 0 saturated carbocycles. The van der Waals surface area contributed by atoms with Crippen LogP contribution in [0.15, 0.2) is 12.1 Å². The number of hydrogen-bond donors (Lipinski definition) is 3. The van der Waals surface area contributed by atoms with Crippen LogP contribution in [0.5, 0.6) is 5.75 Å². The number of fused-ring (bicyclic) bond motifs is 1. The third-order valence-electron chi connectivity index (χ3n) is 4.89. The lowest BCUT2D eigenvalue weighted by Crippen LogP contribution is -2.21. The molecule has 30 heavy (non-hydrogen) atoms. The van der Waals surface area contributed by atoms with E-state index in [2.05, 4.69) is 10.2 Å². The molecule has 8 nitrogen and oxygen atoms in total. The van der Waals surface area contributed by atoms with Crippen LogP contribution in [0.25, 0.3) is 11.3 Å². The van der Waals surface area contributed by atoms with Gasteiger partial charge in [-0.3, -0.25) is 0 Å². The molecular formula is C20H25ClFN3O5. The number of halogens is 2. The highest BCUT2D eigenvalue weighted by molar-refractivity contribution is 6.30. The quantitative estimate of drug-likeness (QED) is 0.662. The third-order valence-corrected chi connectivity index (χ3v) is 5.11. The van der Waals surface area contributed by atoms with Crippen LogP contribution < -0.4 is 5.73 Å². The Morgan fingerprint density at radius 1 is 1.37 bits per heavy atom. The van der Waals surface area contributed by atoms with E-state index < -0.39 is 5.82 Å². The molecule has 1 fully saturated rings. The smallest absolute Gasteiger partial charge is 0.152 e. The molecule has 164 valence electrons. The van der Waals surface area contributed by atoms with Crippen LogP contribution in [0.3, 0.4) is 0 Å². The first-order valence-corrected chi connectivity index (χ1v) is 9.99. The number of ether oxygens (including phenoxy) is 3. The zero-order valence-electron chi connectivity index (χ0n) is 16.6. The second kappa shape index (κ2) is 10.3. The first-order valence-electron chi connectivity index (χ1n) is 9.62. The number of aromatic nitrogens is 2. The molecule has 2 atom stereocenters. The van der Waals surface area contributed by atoms with Crippen molar-refractivity contribution >= 4 is 17.4 Å². The van der Waals surface area contributed by atoms with Gasteiger partial charge in [-0.05, 0) is 25.0 Å². The number of methoxy groups -OCH3 is 1. The number of benzene rings is 1. The van der Waals surface area contributed by atoms with Gasteiger partial charge in [-0.2, -0.15) is 0 Å². The summed E-state index contributed by atoms with van der Waals surface area (Å²) in [7, 11) is 1.59. The van der Waals surface area contributed by atoms with Gasteiger partial charge < -0.3 is 30.2 Å². The molecule has 2 unspecified atom stereocenters. The van der Waals surface area contributed by atoms with E-state index in [0.29, 0.717) is 30.8 Å². The number of aliphatic hydroxyl groups excluding tert-OH is 1. The molecule has 4 rings (SSSR count). The average molecular weight is 442 g/mol. The summed E-state index contributed by atoms with van der Waals surface area (Å²) in [5.74, 6) is -0.760. The van der Waals surface area contributed by atoms with Crippen molar-refractivity contribution in [2.75, 3.05) is 32.7 Å². The average Bonchev–Trinajstić information content (AvgIpc) is 3.13. The van der Waals surface area contributed by atoms with E-state index in [4.69, 9.17) is 36.7 Å². The Hall–Kier alpha value is -2.04. The fraction of sp³-hybridized carbons (Fsp3) is 0.500. The molecule has 1 aromatic heterocycles. The molecule has 0 spiro atoms. The van der Waals surface area contributed by atoms with Gasteiger partial charge in [0.05, 0.1) is 31.0 Å². The molecule has 0 aliphatic carbocycles. The van der Waals surface area contributed by atoms with Crippen molar-refractivity contribution in [2.24, 2.45) is 0 Å². The van der Waals surface area contributed by atoms with Gasteiger partial charge >= 0.3 is 0 Å². The van der Waals surface area contributed by atoms with Crippen molar-refractivity contribution in [2.45, 2.75) is 38.1 Å². The zero-order chi connectivity index (χ0) is 21.7. The van der Waals surface area contributed by atoms with Gasteiger partial charge in [0, 0.05) is 42.9 Å². The van der Waals surface area contributed by atoms with Crippen LogP contribution in [0.4, 0.5) is 10.2 Å². The summed E-state index contributed by atoms with van der Waals surface area (Å²) in [4.78, 5) is 0. The molecule has 4 N–H and O–H groups in total. The molecule has 2 aliphatic rings. The minimum atomic E-state index is -0.684. The monoisotopic (exact) mass is 441 g/mol. The fourth-order valence-corrected chi connectivity index (χ4v) is 3.64. The van der Waals surface area contributed by atoms with E-state index in [0.717, 1.165) is 25.5 Å². The van der Waals surface area contributed by atoms with Crippen molar-refractivity contribution in [3.63, 3.8) is 0 Å². The van der Waals surface area contributed by atoms with Gasteiger partial charge in [0.15, 0.2) is 5.82 Å². The summed E-state index contributed by atoms with van der Waals surface area (Å²) in [6.45, 7) is 2.07. The van der Waals surface area contributed by atoms with Crippen LogP contribution in [0.1, 0.15) is 36.5 Å². The van der Waals surface area contributed by atoms with E-state index in [9.17, 15) is 9.50 Å². The summed E-state index contributed by atoms with van der Waals surface area (Å²) in [5, 5.41) is 26.8. The molecule has 0 radical (unpaired) electrons. The molecule has 2 aromatic rings. The van der Waals surface area contributed by atoms with Crippen LogP contribution >= 0.6 is 11.6 Å². The number of anilines is 1. The number of aromatic hydroxyl groups is 1. The Labute approximate surface area is 178 Å². The molecule has 1 saturated heterocycles. The summed E-state index contributed by atoms with van der Waals surface area (Å²) < 4.78 is 29.9. The van der Waals surface area contributed by atoms with Crippen molar-refractivity contribution in [1.29, 1.82) is 0 Å². The van der Waals surface area contributed by atoms with E-state index in [1.54, 1.807) is 7.11 Å². The van der Waals surface area contributed by atoms with E-state index in [-0.39, 0.29) is 46.7 Å². The Morgan fingerprint density at radius 2 is 2.17 bits per heavy atom. The zero-order valence-corrected chi connectivity index (χ0v) is 17.4. The van der Waals surface area contributed by atoms with Crippen LogP contribution in [0, 0.1) is 5.82 Å². The van der Waals surface area contributed by atoms with E-state index in [1.807, 2.05) is 0 Å². The van der Waals surface area contributed by atoms with Gasteiger partial charge in [0.1, 0.15) is 17.3 Å². The van der Waals surface area contributed by atoms with Gasteiger partial charge in [-0.15, -0.1) is 10.2 Å². The molecule has 3 heterocycles. The summed E-state index contributed by atoms with van der Waals surface area (Å²) in [5.41, 5.74) is 7.35. The molecule has 10 heteroatoms. The maximum absolute atomic E-state index is 14.3. The number of rotatable bonds is 4. The Kier molecular flexibility index (Phi) is 7.79. The second-order valence-electron chi connectivity index (χ2n) is 7.06. The standard InChI is InChI=1S/C15H15ClFN3O3.C5H10O2/c1-22-3-2-11-12-8(6-23-11)14(19-20-15(12)18)13-9(17)4-7(16)5-10(13)21;6-5-2-1-3-7-4-5/h4-5,11,21H,2-3,6H2,1H3,(H2,18,20);5-6H,1-4H2. The lowest BCUT2D eigenvalue weighted by molar-refractivity contribution is -0.00535. The van der Waals surface area contributed by atoms with Crippen molar-refractivity contribution < 1.29 is 28.8 Å². The molecular weight excluding hydrogens is 417 g/mol. The third kappa shape index (κ3) is 5.16. The lowest BCUT2D eigenvalue weighted by Gasteiger charge is -2.15. The van der Waals surface area contributed by atoms with Crippen molar-refractivity contribution in [3.05, 3.63) is 34.1 Å². The van der Waals surface area contributed by atoms with Gasteiger partial charge in [0.25, 0.3) is 0 Å². The lowest BCUT2D eigenvalue weighted by atomic mass is 9.99. The number of aliphatic hydroxyl groups is 1. The van der Waals surface area contributed by atoms with Gasteiger partial charge in [-0.1, -0.05) is 11.6 Å². The predicted molar refractivity (Wildman–Crippen MR) is 109 cm³/mol. The number of nitrogen functional groups attached to an aromatic ring is 1. The van der Waals surface area contributed by atoms with E-state index >= 15 is 0 Å². The molecule has 0 bridgehead atoms. The fourth-order valence-electron chi connectivity index (χ4n) is 3.44. The predicted octanol–water partition coefficient (Wildman–Crippen LogP) is 2.99. The second-order valence-corrected chi connectivity index (χ2v) is 7.50. The number of nitrogens with zero attached hydrogens (tertiary/aromatic N) is 2. The largest absolute Gasteiger partial charge is 0.507 e. The summed E-state index contributed by atoms with van der Waals surface area (Å²) in [6.07, 6.45) is 2.04. The van der Waals surface area contributed by atoms with Gasteiger partial charge in [-0.25, -0.2) is 4.39 Å². The Morgan fingerprint density at radius 3 is 2.77 bits per heavy atom. The SMILES string of the molecule is COCCC1OCc2c(-c3c(O)cc(Cl)cc3F)nnc(N)c21.OC1CCCOC1. The minimum Gasteiger partial charge on any atom is -0.507 e. The summed E-state index contributed by atoms with van der Waals surface area (Å²) >= 11 is 5.74. The van der Waals surface area contributed by atoms with Crippen molar-refractivity contribution in [3.8, 4) is 17.0 Å². The highest BCUT2D eigenvalue weighted by atomic mass is 35.5. The molecule has 0 amide bonds. The first-order chi connectivity index (χ1) is 14.4. The number of nitrogens with two attached hydrogens (primary N) is 1. The highest BCUT2D eigenvalue weighted by Gasteiger charge is 2.31. The summed E-state index contributed by atoms with van der Waals surface area (Å²) in [6, 6.07) is 2.36. The van der Waals surface area contributed by atoms with Crippen LogP contribution in [-0.4, -0.2) is 53.4 Å². The van der Waals surface area contributed by atoms with E-state index in [1.165, 1.54) is 6.07 Å². The minimum absolute atomic E-state index is 0.0610. The molecule has 2 aliphatic heterocycles. The Bertz CT molecular complexity index is 857. The molecule has 1 aromatic carbocycles. The highest BCUT2D eigenvalue weighted by Crippen LogP contribution is 2.43. The number of phenolic OH excluding ortho intramolecular Hbond substituents is 1. The maximum Gasteiger partial charge on any atom is 0.152 e. The van der Waals surface area contributed by atoms with Crippen molar-refractivity contribution in [1.82, 2.24) is 10.2 Å². The maximum atomic E-state index is 14.3. The first kappa shape index (κ1) is 22.6. The number of phenols is 1. The Balaban J connectivity index is 0.000000310. The van der Waals surface area contributed by atoms with Crippen LogP contribution in [-0.2, 0) is 20.8 Å². The number of hydrogen-bond acceptors (Lipinski definition) is 8. The van der Waals surface area contributed by atoms with Crippen LogP contribution in [0.2, 0.25) is 5.02 Å². The van der Waals surface area contributed by atoms with Gasteiger partial charge in [0.2, 0.25) is 0 Å². The normalized spacial score (nSPS) is 20.4. The topological polar surface area (TPSA) is 120 Å².